The molecule has 6 heteroatoms. The van der Waals surface area contributed by atoms with Gasteiger partial charge in [-0.25, -0.2) is 0 Å². The third-order valence-electron chi connectivity index (χ3n) is 7.79. The average Bonchev–Trinajstić information content (AvgIpc) is 2.66. The topological polar surface area (TPSA) is 87.3 Å². The SMILES string of the molecule is CCNC(=O)C1(NC(=O)CNC(=O)C23CC4CC(CC(C4)C2)C3)CCCCC1. The Morgan fingerprint density at radius 3 is 1.93 bits per heavy atom. The Balaban J connectivity index is 1.34. The molecule has 0 aliphatic heterocycles. The number of carbonyl (C=O) groups is 3. The molecule has 3 amide bonds. The Bertz CT molecular complexity index is 604. The molecule has 0 aromatic carbocycles. The molecule has 5 aliphatic rings. The second-order valence-electron chi connectivity index (χ2n) is 9.93. The highest BCUT2D eigenvalue weighted by Crippen LogP contribution is 2.60. The lowest BCUT2D eigenvalue weighted by atomic mass is 9.49. The number of nitrogens with one attached hydrogen (secondary N) is 3. The highest BCUT2D eigenvalue weighted by molar-refractivity contribution is 5.93. The number of hydrogen-bond acceptors (Lipinski definition) is 3. The largest absolute Gasteiger partial charge is 0.354 e. The smallest absolute Gasteiger partial charge is 0.245 e. The van der Waals surface area contributed by atoms with Gasteiger partial charge < -0.3 is 16.0 Å². The minimum Gasteiger partial charge on any atom is -0.354 e. The van der Waals surface area contributed by atoms with Gasteiger partial charge in [-0.1, -0.05) is 19.3 Å². The van der Waals surface area contributed by atoms with Gasteiger partial charge in [-0.05, 0) is 76.0 Å². The molecule has 28 heavy (non-hydrogen) atoms. The molecule has 0 unspecified atom stereocenters. The number of likely N-dealkylation sites (N-methyl/N-ethyl adjacent to an activating group) is 1. The summed E-state index contributed by atoms with van der Waals surface area (Å²) < 4.78 is 0. The highest BCUT2D eigenvalue weighted by Gasteiger charge is 2.54. The molecule has 0 saturated heterocycles. The van der Waals surface area contributed by atoms with E-state index in [2.05, 4.69) is 16.0 Å². The summed E-state index contributed by atoms with van der Waals surface area (Å²) in [6.07, 6.45) is 11.2. The van der Waals surface area contributed by atoms with Crippen LogP contribution in [0.2, 0.25) is 0 Å². The Hall–Kier alpha value is -1.59. The molecule has 5 rings (SSSR count). The van der Waals surface area contributed by atoms with Crippen molar-refractivity contribution in [2.24, 2.45) is 23.2 Å². The van der Waals surface area contributed by atoms with Gasteiger partial charge in [-0.2, -0.15) is 0 Å². The number of hydrogen-bond donors (Lipinski definition) is 3. The molecule has 0 spiro atoms. The zero-order valence-corrected chi connectivity index (χ0v) is 17.1. The summed E-state index contributed by atoms with van der Waals surface area (Å²) in [6, 6.07) is 0. The monoisotopic (exact) mass is 389 g/mol. The second kappa shape index (κ2) is 7.68. The van der Waals surface area contributed by atoms with Crippen LogP contribution in [0.15, 0.2) is 0 Å². The molecule has 5 saturated carbocycles. The molecule has 4 bridgehead atoms. The van der Waals surface area contributed by atoms with Crippen molar-refractivity contribution >= 4 is 17.7 Å². The van der Waals surface area contributed by atoms with Crippen molar-refractivity contribution in [1.82, 2.24) is 16.0 Å². The van der Waals surface area contributed by atoms with Crippen LogP contribution in [0.1, 0.15) is 77.6 Å². The first-order chi connectivity index (χ1) is 13.4. The van der Waals surface area contributed by atoms with Crippen molar-refractivity contribution in [3.05, 3.63) is 0 Å². The zero-order chi connectivity index (χ0) is 19.8. The molecule has 6 nitrogen and oxygen atoms in total. The highest BCUT2D eigenvalue weighted by atomic mass is 16.2. The van der Waals surface area contributed by atoms with Crippen LogP contribution in [-0.2, 0) is 14.4 Å². The van der Waals surface area contributed by atoms with Crippen LogP contribution in [0.25, 0.3) is 0 Å². The van der Waals surface area contributed by atoms with Gasteiger partial charge in [0.1, 0.15) is 5.54 Å². The number of amides is 3. The van der Waals surface area contributed by atoms with E-state index in [9.17, 15) is 14.4 Å². The maximum absolute atomic E-state index is 13.0. The molecule has 3 N–H and O–H groups in total. The van der Waals surface area contributed by atoms with Gasteiger partial charge >= 0.3 is 0 Å². The quantitative estimate of drug-likeness (QED) is 0.651. The van der Waals surface area contributed by atoms with Crippen molar-refractivity contribution in [2.45, 2.75) is 83.1 Å². The lowest BCUT2D eigenvalue weighted by molar-refractivity contribution is -0.147. The predicted molar refractivity (Wildman–Crippen MR) is 106 cm³/mol. The Morgan fingerprint density at radius 2 is 1.39 bits per heavy atom. The molecular weight excluding hydrogens is 354 g/mol. The van der Waals surface area contributed by atoms with E-state index in [4.69, 9.17) is 0 Å². The van der Waals surface area contributed by atoms with Gasteiger partial charge in [-0.3, -0.25) is 14.4 Å². The molecule has 0 aromatic heterocycles. The van der Waals surface area contributed by atoms with E-state index in [1.54, 1.807) is 0 Å². The summed E-state index contributed by atoms with van der Waals surface area (Å²) in [5.74, 6) is 1.84. The first kappa shape index (κ1) is 19.7. The fraction of sp³-hybridized carbons (Fsp3) is 0.864. The fourth-order valence-electron chi connectivity index (χ4n) is 6.94. The van der Waals surface area contributed by atoms with Crippen LogP contribution in [0.5, 0.6) is 0 Å². The normalized spacial score (nSPS) is 35.2. The lowest BCUT2D eigenvalue weighted by Gasteiger charge is -2.55. The summed E-state index contributed by atoms with van der Waals surface area (Å²) in [5.41, 5.74) is -1.05. The number of carbonyl (C=O) groups excluding carboxylic acids is 3. The van der Waals surface area contributed by atoms with E-state index in [0.717, 1.165) is 38.5 Å². The van der Waals surface area contributed by atoms with Gasteiger partial charge in [-0.15, -0.1) is 0 Å². The molecule has 5 aliphatic carbocycles. The van der Waals surface area contributed by atoms with Crippen molar-refractivity contribution in [1.29, 1.82) is 0 Å². The molecular formula is C22H35N3O3. The van der Waals surface area contributed by atoms with Gasteiger partial charge in [0, 0.05) is 12.0 Å². The van der Waals surface area contributed by atoms with Crippen LogP contribution < -0.4 is 16.0 Å². The van der Waals surface area contributed by atoms with Gasteiger partial charge in [0.2, 0.25) is 17.7 Å². The van der Waals surface area contributed by atoms with E-state index >= 15 is 0 Å². The van der Waals surface area contributed by atoms with Crippen LogP contribution in [0, 0.1) is 23.2 Å². The van der Waals surface area contributed by atoms with E-state index in [1.165, 1.54) is 19.3 Å². The van der Waals surface area contributed by atoms with Crippen molar-refractivity contribution in [2.75, 3.05) is 13.1 Å². The molecule has 0 heterocycles. The van der Waals surface area contributed by atoms with Crippen LogP contribution in [0.3, 0.4) is 0 Å². The Morgan fingerprint density at radius 1 is 0.821 bits per heavy atom. The first-order valence-corrected chi connectivity index (χ1v) is 11.3. The van der Waals surface area contributed by atoms with Gasteiger partial charge in [0.05, 0.1) is 6.54 Å². The molecule has 0 radical (unpaired) electrons. The van der Waals surface area contributed by atoms with E-state index in [1.807, 2.05) is 6.92 Å². The third kappa shape index (κ3) is 3.67. The average molecular weight is 390 g/mol. The van der Waals surface area contributed by atoms with Gasteiger partial charge in [0.15, 0.2) is 0 Å². The third-order valence-corrected chi connectivity index (χ3v) is 7.79. The zero-order valence-electron chi connectivity index (χ0n) is 17.1. The molecule has 0 atom stereocenters. The van der Waals surface area contributed by atoms with Crippen LogP contribution >= 0.6 is 0 Å². The Kier molecular flexibility index (Phi) is 5.41. The van der Waals surface area contributed by atoms with Crippen LogP contribution in [-0.4, -0.2) is 36.3 Å². The van der Waals surface area contributed by atoms with Crippen LogP contribution in [0.4, 0.5) is 0 Å². The summed E-state index contributed by atoms with van der Waals surface area (Å²) in [4.78, 5) is 38.3. The van der Waals surface area contributed by atoms with Crippen molar-refractivity contribution < 1.29 is 14.4 Å². The summed E-state index contributed by atoms with van der Waals surface area (Å²) in [7, 11) is 0. The second-order valence-corrected chi connectivity index (χ2v) is 9.93. The fourth-order valence-corrected chi connectivity index (χ4v) is 6.94. The first-order valence-electron chi connectivity index (χ1n) is 11.3. The summed E-state index contributed by atoms with van der Waals surface area (Å²) in [5, 5.41) is 8.79. The van der Waals surface area contributed by atoms with E-state index < -0.39 is 5.54 Å². The number of rotatable bonds is 6. The van der Waals surface area contributed by atoms with Crippen molar-refractivity contribution in [3.63, 3.8) is 0 Å². The standard InChI is InChI=1S/C22H35N3O3/c1-2-23-20(28)22(6-4-3-5-7-22)25-18(26)14-24-19(27)21-11-15-8-16(12-21)10-17(9-15)13-21/h15-17H,2-14H2,1H3,(H,23,28)(H,24,27)(H,25,26). The van der Waals surface area contributed by atoms with E-state index in [-0.39, 0.29) is 29.7 Å². The predicted octanol–water partition coefficient (Wildman–Crippen LogP) is 2.27. The molecule has 0 aromatic rings. The van der Waals surface area contributed by atoms with Crippen molar-refractivity contribution in [3.8, 4) is 0 Å². The molecule has 156 valence electrons. The summed E-state index contributed by atoms with van der Waals surface area (Å²) in [6.45, 7) is 2.42. The maximum Gasteiger partial charge on any atom is 0.245 e. The lowest BCUT2D eigenvalue weighted by Crippen LogP contribution is -2.61. The molecule has 5 fully saturated rings. The minimum absolute atomic E-state index is 0.0261. The van der Waals surface area contributed by atoms with E-state index in [0.29, 0.717) is 37.1 Å². The minimum atomic E-state index is -0.809. The van der Waals surface area contributed by atoms with Gasteiger partial charge in [0.25, 0.3) is 0 Å². The summed E-state index contributed by atoms with van der Waals surface area (Å²) >= 11 is 0. The Labute approximate surface area is 168 Å². The maximum atomic E-state index is 13.0.